The molecular weight excluding hydrogens is 671 g/mol. The number of aliphatic imine (C=N–C) groups is 1. The zero-order chi connectivity index (χ0) is 35.8. The molecule has 0 spiro atoms. The number of fused-ring (bicyclic) bond motifs is 1. The number of rotatable bonds is 14. The predicted molar refractivity (Wildman–Crippen MR) is 164 cm³/mol. The second kappa shape index (κ2) is 16.5. The van der Waals surface area contributed by atoms with E-state index in [1.54, 1.807) is 25.1 Å². The van der Waals surface area contributed by atoms with Gasteiger partial charge in [-0.15, -0.1) is 0 Å². The topological polar surface area (TPSA) is 128 Å². The van der Waals surface area contributed by atoms with Gasteiger partial charge in [-0.2, -0.15) is 38.1 Å². The lowest BCUT2D eigenvalue weighted by molar-refractivity contribution is -0.152. The summed E-state index contributed by atoms with van der Waals surface area (Å²) in [5, 5.41) is 2.28. The minimum Gasteiger partial charge on any atom is -0.468 e. The van der Waals surface area contributed by atoms with Crippen LogP contribution >= 0.6 is 11.8 Å². The smallest absolute Gasteiger partial charge is 0.389 e. The summed E-state index contributed by atoms with van der Waals surface area (Å²) in [4.78, 5) is 56.4. The van der Waals surface area contributed by atoms with E-state index < -0.39 is 97.1 Å². The number of methoxy groups -OCH3 is 1. The van der Waals surface area contributed by atoms with Gasteiger partial charge in [-0.1, -0.05) is 30.3 Å². The van der Waals surface area contributed by atoms with Crippen molar-refractivity contribution in [3.05, 3.63) is 70.5 Å². The Morgan fingerprint density at radius 1 is 1.02 bits per heavy atom. The van der Waals surface area contributed by atoms with Gasteiger partial charge < -0.3 is 15.8 Å². The van der Waals surface area contributed by atoms with Crippen molar-refractivity contribution in [2.45, 2.75) is 63.6 Å². The number of hydrogen-bond acceptors (Lipinski definition) is 8. The van der Waals surface area contributed by atoms with Crippen LogP contribution in [0.1, 0.15) is 47.9 Å². The number of alkyl halides is 6. The highest BCUT2D eigenvalue weighted by atomic mass is 32.2. The summed E-state index contributed by atoms with van der Waals surface area (Å²) in [7, 11) is 1.07. The zero-order valence-corrected chi connectivity index (χ0v) is 26.7. The molecule has 16 heteroatoms. The number of thioether (sulfide) groups is 1. The number of hydrogen-bond donors (Lipinski definition) is 2. The van der Waals surface area contributed by atoms with Crippen LogP contribution in [0.4, 0.5) is 30.7 Å². The molecule has 4 atom stereocenters. The van der Waals surface area contributed by atoms with Gasteiger partial charge in [-0.25, -0.2) is 4.39 Å². The minimum atomic E-state index is -4.84. The van der Waals surface area contributed by atoms with Crippen molar-refractivity contribution in [1.82, 2.24) is 5.32 Å². The van der Waals surface area contributed by atoms with Gasteiger partial charge in [0.1, 0.15) is 17.6 Å². The molecule has 0 saturated heterocycles. The van der Waals surface area contributed by atoms with Crippen LogP contribution in [-0.4, -0.2) is 72.3 Å². The maximum absolute atomic E-state index is 14.2. The van der Waals surface area contributed by atoms with Crippen LogP contribution in [0.2, 0.25) is 0 Å². The van der Waals surface area contributed by atoms with Gasteiger partial charge in [0.15, 0.2) is 11.9 Å². The first kappa shape index (κ1) is 38.7. The van der Waals surface area contributed by atoms with Crippen molar-refractivity contribution >= 4 is 40.9 Å². The highest BCUT2D eigenvalue weighted by molar-refractivity contribution is 8.00. The molecule has 2 aromatic carbocycles. The largest absolute Gasteiger partial charge is 0.468 e. The standard InChI is InChI=1S/C32H34F7N3O5S/c1-17-5-3-8-21-23(17)14-25(43)28(41-27(21)18-6-4-7-19(33)13-18)42-29(45)22(10-12-32(37,38)39)20(9-11-31(34,35)36)26(44)16-48-15-24(40)30(46)47-2/h3-8,13,20,22,24,28H,9-12,14-16,40H2,1-2H3,(H,42,45)/t20-,22+,24-,28+/m0/s1. The SMILES string of the molecule is COC(=O)[C@@H](N)CSCC(=O)[C@@H](CCC(F)(F)F)[C@@H](CCC(F)(F)F)C(=O)N[C@H]1N=C(c2cccc(F)c2)c2cccc(C)c2CC1=O. The van der Waals surface area contributed by atoms with Gasteiger partial charge in [0, 0.05) is 48.0 Å². The van der Waals surface area contributed by atoms with Crippen LogP contribution in [0.3, 0.4) is 0 Å². The molecule has 1 amide bonds. The van der Waals surface area contributed by atoms with Crippen molar-refractivity contribution in [3.63, 3.8) is 0 Å². The van der Waals surface area contributed by atoms with Crippen molar-refractivity contribution in [1.29, 1.82) is 0 Å². The third kappa shape index (κ3) is 11.1. The minimum absolute atomic E-state index is 0.0965. The summed E-state index contributed by atoms with van der Waals surface area (Å²) < 4.78 is 98.8. The summed E-state index contributed by atoms with van der Waals surface area (Å²) in [5.41, 5.74) is 7.58. The summed E-state index contributed by atoms with van der Waals surface area (Å²) in [6.07, 6.45) is -16.9. The van der Waals surface area contributed by atoms with Crippen LogP contribution in [0.15, 0.2) is 47.5 Å². The zero-order valence-electron chi connectivity index (χ0n) is 25.9. The second-order valence-corrected chi connectivity index (χ2v) is 12.3. The Labute approximate surface area is 276 Å². The molecule has 0 fully saturated rings. The van der Waals surface area contributed by atoms with Gasteiger partial charge in [0.2, 0.25) is 5.91 Å². The monoisotopic (exact) mass is 705 g/mol. The fourth-order valence-electron chi connectivity index (χ4n) is 5.27. The van der Waals surface area contributed by atoms with Crippen LogP contribution in [0, 0.1) is 24.6 Å². The van der Waals surface area contributed by atoms with E-state index in [-0.39, 0.29) is 23.4 Å². The molecule has 1 heterocycles. The lowest BCUT2D eigenvalue weighted by Crippen LogP contribution is -2.46. The number of aryl methyl sites for hydroxylation is 1. The molecule has 3 rings (SSSR count). The average Bonchev–Trinajstić information content (AvgIpc) is 3.13. The van der Waals surface area contributed by atoms with E-state index in [0.29, 0.717) is 16.7 Å². The third-order valence-corrected chi connectivity index (χ3v) is 8.80. The number of ketones is 2. The Morgan fingerprint density at radius 3 is 2.25 bits per heavy atom. The van der Waals surface area contributed by atoms with Crippen molar-refractivity contribution in [2.24, 2.45) is 22.6 Å². The highest BCUT2D eigenvalue weighted by Gasteiger charge is 2.41. The van der Waals surface area contributed by atoms with Gasteiger partial charge in [0.05, 0.1) is 18.6 Å². The van der Waals surface area contributed by atoms with Crippen LogP contribution < -0.4 is 11.1 Å². The Morgan fingerprint density at radius 2 is 1.65 bits per heavy atom. The van der Waals surface area contributed by atoms with Gasteiger partial charge in [-0.05, 0) is 43.0 Å². The molecule has 0 aromatic heterocycles. The van der Waals surface area contributed by atoms with E-state index in [9.17, 15) is 49.9 Å². The predicted octanol–water partition coefficient (Wildman–Crippen LogP) is 5.26. The normalized spacial score (nSPS) is 17.0. The van der Waals surface area contributed by atoms with E-state index in [1.165, 1.54) is 18.2 Å². The molecule has 3 N–H and O–H groups in total. The molecule has 0 saturated carbocycles. The molecule has 262 valence electrons. The first-order valence-corrected chi connectivity index (χ1v) is 15.9. The van der Waals surface area contributed by atoms with Gasteiger partial charge in [-0.3, -0.25) is 24.2 Å². The Balaban J connectivity index is 2.00. The number of Topliss-reactive ketones (excluding diaryl/α,β-unsaturated/α-hetero) is 2. The number of carbonyl (C=O) groups is 4. The average molecular weight is 706 g/mol. The van der Waals surface area contributed by atoms with Crippen molar-refractivity contribution < 1.29 is 54.6 Å². The number of carbonyl (C=O) groups excluding carboxylic acids is 4. The first-order chi connectivity index (χ1) is 22.4. The Bertz CT molecular complexity index is 1530. The Kier molecular flexibility index (Phi) is 13.3. The van der Waals surface area contributed by atoms with E-state index >= 15 is 0 Å². The van der Waals surface area contributed by atoms with E-state index in [2.05, 4.69) is 15.0 Å². The number of ether oxygens (including phenoxy) is 1. The maximum Gasteiger partial charge on any atom is 0.389 e. The van der Waals surface area contributed by atoms with Crippen LogP contribution in [-0.2, 0) is 30.3 Å². The molecule has 8 nitrogen and oxygen atoms in total. The quantitative estimate of drug-likeness (QED) is 0.203. The summed E-state index contributed by atoms with van der Waals surface area (Å²) in [5.74, 6) is -8.95. The molecule has 0 unspecified atom stereocenters. The lowest BCUT2D eigenvalue weighted by atomic mass is 9.81. The molecule has 1 aliphatic rings. The number of esters is 1. The molecule has 0 aliphatic carbocycles. The molecular formula is C32H34F7N3O5S. The van der Waals surface area contributed by atoms with Crippen molar-refractivity contribution in [2.75, 3.05) is 18.6 Å². The number of benzene rings is 2. The number of amides is 1. The number of nitrogens with zero attached hydrogens (tertiary/aromatic N) is 1. The third-order valence-electron chi connectivity index (χ3n) is 7.72. The number of nitrogens with two attached hydrogens (primary N) is 1. The number of halogens is 7. The molecule has 2 aromatic rings. The highest BCUT2D eigenvalue weighted by Crippen LogP contribution is 2.34. The van der Waals surface area contributed by atoms with Gasteiger partial charge >= 0.3 is 18.3 Å². The van der Waals surface area contributed by atoms with Crippen LogP contribution in [0.5, 0.6) is 0 Å². The molecule has 0 bridgehead atoms. The fourth-order valence-corrected chi connectivity index (χ4v) is 6.20. The van der Waals surface area contributed by atoms with E-state index in [1.807, 2.05) is 0 Å². The van der Waals surface area contributed by atoms with Crippen LogP contribution in [0.25, 0.3) is 0 Å². The van der Waals surface area contributed by atoms with Crippen molar-refractivity contribution in [3.8, 4) is 0 Å². The molecule has 0 radical (unpaired) electrons. The van der Waals surface area contributed by atoms with Gasteiger partial charge in [0.25, 0.3) is 0 Å². The molecule has 1 aliphatic heterocycles. The fraction of sp³-hybridized carbons (Fsp3) is 0.469. The molecule has 48 heavy (non-hydrogen) atoms. The maximum atomic E-state index is 14.2. The Hall–Kier alpha value is -3.79. The summed E-state index contributed by atoms with van der Waals surface area (Å²) >= 11 is 0.743. The van der Waals surface area contributed by atoms with E-state index in [4.69, 9.17) is 5.73 Å². The first-order valence-electron chi connectivity index (χ1n) is 14.7. The van der Waals surface area contributed by atoms with E-state index in [0.717, 1.165) is 24.9 Å². The summed E-state index contributed by atoms with van der Waals surface area (Å²) in [6.45, 7) is 1.72. The lowest BCUT2D eigenvalue weighted by Gasteiger charge is -2.27. The summed E-state index contributed by atoms with van der Waals surface area (Å²) in [6, 6.07) is 9.04. The second-order valence-electron chi connectivity index (χ2n) is 11.3. The number of nitrogens with one attached hydrogen (secondary N) is 1.